The number of halogens is 1. The van der Waals surface area contributed by atoms with E-state index in [1.54, 1.807) is 10.8 Å². The summed E-state index contributed by atoms with van der Waals surface area (Å²) in [5.41, 5.74) is 3.44. The fraction of sp³-hybridized carbons (Fsp3) is 0.400. The molecule has 0 aliphatic rings. The van der Waals surface area contributed by atoms with Crippen molar-refractivity contribution in [1.82, 2.24) is 14.8 Å². The number of nitrogens with zero attached hydrogens (tertiary/aromatic N) is 3. The second kappa shape index (κ2) is 6.18. The third kappa shape index (κ3) is 2.36. The van der Waals surface area contributed by atoms with E-state index in [4.69, 9.17) is 11.6 Å². The molecule has 0 saturated heterocycles. The van der Waals surface area contributed by atoms with E-state index in [-0.39, 0.29) is 5.56 Å². The Morgan fingerprint density at radius 1 is 1.25 bits per heavy atom. The molecule has 0 spiro atoms. The Kier molecular flexibility index (Phi) is 4.55. The van der Waals surface area contributed by atoms with Gasteiger partial charge in [-0.25, -0.2) is 0 Å². The smallest absolute Gasteiger partial charge is 0.269 e. The highest BCUT2D eigenvalue weighted by molar-refractivity contribution is 6.31. The minimum atomic E-state index is -0.115. The lowest BCUT2D eigenvalue weighted by molar-refractivity contribution is 0.679. The maximum atomic E-state index is 12.3. The van der Waals surface area contributed by atoms with Crippen molar-refractivity contribution in [2.75, 3.05) is 0 Å². The lowest BCUT2D eigenvalue weighted by atomic mass is 9.98. The summed E-state index contributed by atoms with van der Waals surface area (Å²) >= 11 is 6.28. The number of hydrogen-bond acceptors (Lipinski definition) is 3. The first-order chi connectivity index (χ1) is 9.65. The van der Waals surface area contributed by atoms with E-state index >= 15 is 0 Å². The quantitative estimate of drug-likeness (QED) is 0.869. The van der Waals surface area contributed by atoms with Crippen LogP contribution in [0.1, 0.15) is 32.0 Å². The maximum absolute atomic E-state index is 12.3. The van der Waals surface area contributed by atoms with Crippen LogP contribution in [-0.4, -0.2) is 14.8 Å². The SMILES string of the molecule is CCc1c(-c2cccnn2)c(CC)n(CC)c(=O)c1Cl. The van der Waals surface area contributed by atoms with E-state index in [1.807, 2.05) is 32.9 Å². The summed E-state index contributed by atoms with van der Waals surface area (Å²) in [6.07, 6.45) is 3.08. The molecule has 0 saturated carbocycles. The Labute approximate surface area is 123 Å². The van der Waals surface area contributed by atoms with Gasteiger partial charge in [-0.1, -0.05) is 25.4 Å². The molecule has 20 heavy (non-hydrogen) atoms. The van der Waals surface area contributed by atoms with Crippen molar-refractivity contribution in [3.63, 3.8) is 0 Å². The number of aromatic nitrogens is 3. The minimum Gasteiger partial charge on any atom is -0.311 e. The van der Waals surface area contributed by atoms with Crippen LogP contribution in [0.4, 0.5) is 0 Å². The molecule has 4 nitrogen and oxygen atoms in total. The maximum Gasteiger partial charge on any atom is 0.269 e. The molecule has 106 valence electrons. The van der Waals surface area contributed by atoms with Crippen molar-refractivity contribution in [2.24, 2.45) is 0 Å². The molecule has 5 heteroatoms. The molecule has 0 fully saturated rings. The van der Waals surface area contributed by atoms with E-state index in [1.165, 1.54) is 0 Å². The molecular formula is C15H18ClN3O. The molecule has 2 aromatic rings. The molecule has 2 aromatic heterocycles. The van der Waals surface area contributed by atoms with Gasteiger partial charge in [-0.2, -0.15) is 10.2 Å². The summed E-state index contributed by atoms with van der Waals surface area (Å²) < 4.78 is 1.73. The first-order valence-electron chi connectivity index (χ1n) is 6.87. The Morgan fingerprint density at radius 2 is 2.00 bits per heavy atom. The highest BCUT2D eigenvalue weighted by Crippen LogP contribution is 2.30. The van der Waals surface area contributed by atoms with Crippen molar-refractivity contribution in [1.29, 1.82) is 0 Å². The van der Waals surface area contributed by atoms with Crippen LogP contribution in [0.15, 0.2) is 23.1 Å². The average molecular weight is 292 g/mol. The molecule has 0 atom stereocenters. The fourth-order valence-electron chi connectivity index (χ4n) is 2.56. The van der Waals surface area contributed by atoms with Gasteiger partial charge in [0.1, 0.15) is 5.02 Å². The van der Waals surface area contributed by atoms with E-state index in [0.29, 0.717) is 18.0 Å². The van der Waals surface area contributed by atoms with Crippen LogP contribution in [0.5, 0.6) is 0 Å². The standard InChI is InChI=1S/C15H18ClN3O/c1-4-10-13(11-8-7-9-17-18-11)12(5-2)19(6-3)15(20)14(10)16/h7-9H,4-6H2,1-3H3. The average Bonchev–Trinajstić information content (AvgIpc) is 2.50. The normalized spacial score (nSPS) is 10.8. The first kappa shape index (κ1) is 14.7. The molecular weight excluding hydrogens is 274 g/mol. The van der Waals surface area contributed by atoms with Crippen molar-refractivity contribution in [3.8, 4) is 11.3 Å². The number of pyridine rings is 1. The van der Waals surface area contributed by atoms with Crippen LogP contribution in [0, 0.1) is 0 Å². The van der Waals surface area contributed by atoms with Gasteiger partial charge in [0, 0.05) is 24.0 Å². The van der Waals surface area contributed by atoms with E-state index < -0.39 is 0 Å². The lowest BCUT2D eigenvalue weighted by Crippen LogP contribution is -2.26. The predicted octanol–water partition coefficient (Wildman–Crippen LogP) is 3.10. The zero-order valence-corrected chi connectivity index (χ0v) is 12.7. The topological polar surface area (TPSA) is 47.8 Å². The van der Waals surface area contributed by atoms with Crippen LogP contribution in [0.2, 0.25) is 5.02 Å². The Balaban J connectivity index is 2.90. The highest BCUT2D eigenvalue weighted by Gasteiger charge is 2.20. The summed E-state index contributed by atoms with van der Waals surface area (Å²) in [4.78, 5) is 12.3. The largest absolute Gasteiger partial charge is 0.311 e. The summed E-state index contributed by atoms with van der Waals surface area (Å²) in [7, 11) is 0. The minimum absolute atomic E-state index is 0.115. The summed E-state index contributed by atoms with van der Waals surface area (Å²) in [5.74, 6) is 0. The molecule has 0 amide bonds. The molecule has 0 aliphatic heterocycles. The van der Waals surface area contributed by atoms with Crippen molar-refractivity contribution in [2.45, 2.75) is 40.2 Å². The first-order valence-corrected chi connectivity index (χ1v) is 7.25. The van der Waals surface area contributed by atoms with Gasteiger partial charge in [-0.15, -0.1) is 0 Å². The van der Waals surface area contributed by atoms with Crippen LogP contribution in [0.3, 0.4) is 0 Å². The van der Waals surface area contributed by atoms with Gasteiger partial charge in [0.15, 0.2) is 0 Å². The van der Waals surface area contributed by atoms with Crippen LogP contribution in [0.25, 0.3) is 11.3 Å². The number of hydrogen-bond donors (Lipinski definition) is 0. The molecule has 0 bridgehead atoms. The Hall–Kier alpha value is -1.68. The van der Waals surface area contributed by atoms with Crippen molar-refractivity contribution in [3.05, 3.63) is 45.0 Å². The zero-order valence-electron chi connectivity index (χ0n) is 12.0. The van der Waals surface area contributed by atoms with E-state index in [0.717, 1.165) is 28.9 Å². The molecule has 2 heterocycles. The van der Waals surface area contributed by atoms with Crippen molar-refractivity contribution >= 4 is 11.6 Å². The van der Waals surface area contributed by atoms with Gasteiger partial charge in [0.25, 0.3) is 5.56 Å². The van der Waals surface area contributed by atoms with Gasteiger partial charge in [0.2, 0.25) is 0 Å². The molecule has 0 unspecified atom stereocenters. The Bertz CT molecular complexity index is 665. The molecule has 2 rings (SSSR count). The lowest BCUT2D eigenvalue weighted by Gasteiger charge is -2.19. The van der Waals surface area contributed by atoms with Crippen LogP contribution in [-0.2, 0) is 19.4 Å². The highest BCUT2D eigenvalue weighted by atomic mass is 35.5. The Morgan fingerprint density at radius 3 is 2.50 bits per heavy atom. The summed E-state index contributed by atoms with van der Waals surface area (Å²) in [6.45, 7) is 6.58. The predicted molar refractivity (Wildman–Crippen MR) is 81.2 cm³/mol. The van der Waals surface area contributed by atoms with Gasteiger partial charge in [0.05, 0.1) is 5.69 Å². The molecule has 0 radical (unpaired) electrons. The summed E-state index contributed by atoms with van der Waals surface area (Å²) in [6, 6.07) is 3.75. The van der Waals surface area contributed by atoms with Gasteiger partial charge in [-0.05, 0) is 37.5 Å². The fourth-order valence-corrected chi connectivity index (χ4v) is 2.89. The zero-order chi connectivity index (χ0) is 14.7. The number of rotatable bonds is 4. The monoisotopic (exact) mass is 291 g/mol. The summed E-state index contributed by atoms with van der Waals surface area (Å²) in [5, 5.41) is 8.43. The van der Waals surface area contributed by atoms with Gasteiger partial charge < -0.3 is 4.57 Å². The second-order valence-electron chi connectivity index (χ2n) is 4.48. The van der Waals surface area contributed by atoms with Gasteiger partial charge in [-0.3, -0.25) is 4.79 Å². The molecule has 0 aliphatic carbocycles. The van der Waals surface area contributed by atoms with Gasteiger partial charge >= 0.3 is 0 Å². The van der Waals surface area contributed by atoms with Crippen LogP contribution >= 0.6 is 11.6 Å². The third-order valence-electron chi connectivity index (χ3n) is 3.45. The third-order valence-corrected chi connectivity index (χ3v) is 3.84. The van der Waals surface area contributed by atoms with E-state index in [9.17, 15) is 4.79 Å². The second-order valence-corrected chi connectivity index (χ2v) is 4.86. The molecule has 0 N–H and O–H groups in total. The van der Waals surface area contributed by atoms with Crippen molar-refractivity contribution < 1.29 is 0 Å². The molecule has 0 aromatic carbocycles. The van der Waals surface area contributed by atoms with Crippen LogP contribution < -0.4 is 5.56 Å². The van der Waals surface area contributed by atoms with E-state index in [2.05, 4.69) is 10.2 Å².